The molecule has 0 bridgehead atoms. The van der Waals surface area contributed by atoms with Crippen LogP contribution in [0.25, 0.3) is 10.4 Å². The van der Waals surface area contributed by atoms with E-state index in [1.807, 2.05) is 37.3 Å². The van der Waals surface area contributed by atoms with Gasteiger partial charge in [0.05, 0.1) is 18.8 Å². The summed E-state index contributed by atoms with van der Waals surface area (Å²) in [5.41, 5.74) is 0.961. The summed E-state index contributed by atoms with van der Waals surface area (Å²) in [5, 5.41) is 9.36. The molecule has 3 rings (SSSR count). The topological polar surface area (TPSA) is 80.7 Å². The minimum atomic E-state index is -3.51. The summed E-state index contributed by atoms with van der Waals surface area (Å²) < 4.78 is 29.8. The average Bonchev–Trinajstić information content (AvgIpc) is 3.08. The number of benzene rings is 1. The van der Waals surface area contributed by atoms with Crippen molar-refractivity contribution in [2.45, 2.75) is 37.4 Å². The number of thiophene rings is 1. The molecular weight excluding hydrogens is 372 g/mol. The fourth-order valence-corrected chi connectivity index (χ4v) is 7.26. The van der Waals surface area contributed by atoms with Gasteiger partial charge in [0.1, 0.15) is 10.5 Å². The van der Waals surface area contributed by atoms with E-state index >= 15 is 0 Å². The third-order valence-electron chi connectivity index (χ3n) is 4.78. The van der Waals surface area contributed by atoms with E-state index in [9.17, 15) is 18.3 Å². The number of aliphatic carboxylic acids is 1. The maximum Gasteiger partial charge on any atom is 0.305 e. The first-order valence-electron chi connectivity index (χ1n) is 8.65. The predicted molar refractivity (Wildman–Crippen MR) is 102 cm³/mol. The Balaban J connectivity index is 1.98. The molecule has 26 heavy (non-hydrogen) atoms. The van der Waals surface area contributed by atoms with E-state index in [-0.39, 0.29) is 12.2 Å². The van der Waals surface area contributed by atoms with Crippen molar-refractivity contribution in [2.75, 3.05) is 12.4 Å². The van der Waals surface area contributed by atoms with Crippen molar-refractivity contribution in [3.05, 3.63) is 41.3 Å². The van der Waals surface area contributed by atoms with E-state index in [2.05, 4.69) is 0 Å². The fourth-order valence-electron chi connectivity index (χ4n) is 3.48. The molecule has 0 saturated carbocycles. The third-order valence-corrected chi connectivity index (χ3v) is 8.83. The van der Waals surface area contributed by atoms with Gasteiger partial charge in [-0.3, -0.25) is 4.79 Å². The monoisotopic (exact) mass is 394 g/mol. The molecule has 0 spiro atoms. The van der Waals surface area contributed by atoms with Crippen LogP contribution >= 0.6 is 11.3 Å². The normalized spacial score (nSPS) is 22.0. The highest BCUT2D eigenvalue weighted by Gasteiger charge is 2.49. The molecule has 1 saturated heterocycles. The van der Waals surface area contributed by atoms with Gasteiger partial charge >= 0.3 is 5.97 Å². The smallest absolute Gasteiger partial charge is 0.305 e. The summed E-state index contributed by atoms with van der Waals surface area (Å²) in [7, 11) is -3.51. The Morgan fingerprint density at radius 2 is 1.92 bits per heavy atom. The maximum atomic E-state index is 12.8. The standard InChI is InChI=1S/C19H22O5S2/c1-2-24-15-7-5-14(6-8-15)16-9-10-17(25-16)19(13-18(20)21)11-3-4-12-26(19,22)23/h5-10H,2-4,11-13H2,1H3,(H,20,21)/t19-/m0/s1. The largest absolute Gasteiger partial charge is 0.494 e. The molecule has 1 aromatic heterocycles. The molecule has 0 unspecified atom stereocenters. The van der Waals surface area contributed by atoms with Crippen molar-refractivity contribution >= 4 is 27.1 Å². The van der Waals surface area contributed by atoms with E-state index in [4.69, 9.17) is 4.74 Å². The Hall–Kier alpha value is -1.86. The molecule has 0 aliphatic carbocycles. The van der Waals surface area contributed by atoms with Crippen molar-refractivity contribution in [1.29, 1.82) is 0 Å². The van der Waals surface area contributed by atoms with Gasteiger partial charge in [0.2, 0.25) is 0 Å². The van der Waals surface area contributed by atoms with Crippen molar-refractivity contribution in [1.82, 2.24) is 0 Å². The van der Waals surface area contributed by atoms with E-state index in [1.165, 1.54) is 11.3 Å². The van der Waals surface area contributed by atoms with Crippen LogP contribution in [-0.2, 0) is 19.4 Å². The summed E-state index contributed by atoms with van der Waals surface area (Å²) in [6.45, 7) is 2.52. The second kappa shape index (κ2) is 7.40. The van der Waals surface area contributed by atoms with Gasteiger partial charge in [-0.15, -0.1) is 11.3 Å². The average molecular weight is 395 g/mol. The first kappa shape index (κ1) is 18.9. The lowest BCUT2D eigenvalue weighted by atomic mass is 9.95. The molecule has 1 atom stereocenters. The van der Waals surface area contributed by atoms with Gasteiger partial charge in [0, 0.05) is 9.75 Å². The summed E-state index contributed by atoms with van der Waals surface area (Å²) in [6, 6.07) is 11.3. The van der Waals surface area contributed by atoms with E-state index < -0.39 is 20.6 Å². The quantitative estimate of drug-likeness (QED) is 0.798. The summed E-state index contributed by atoms with van der Waals surface area (Å²) >= 11 is 1.37. The number of hydrogen-bond donors (Lipinski definition) is 1. The lowest BCUT2D eigenvalue weighted by molar-refractivity contribution is -0.137. The number of hydrogen-bond acceptors (Lipinski definition) is 5. The Morgan fingerprint density at radius 3 is 2.54 bits per heavy atom. The van der Waals surface area contributed by atoms with E-state index in [0.717, 1.165) is 22.6 Å². The molecule has 5 nitrogen and oxygen atoms in total. The van der Waals surface area contributed by atoms with Gasteiger partial charge in [-0.05, 0) is 61.7 Å². The van der Waals surface area contributed by atoms with Gasteiger partial charge in [0.15, 0.2) is 9.84 Å². The number of carboxylic acids is 1. The van der Waals surface area contributed by atoms with Gasteiger partial charge in [-0.1, -0.05) is 6.42 Å². The molecule has 0 amide bonds. The van der Waals surface area contributed by atoms with Gasteiger partial charge in [-0.2, -0.15) is 0 Å². The number of ether oxygens (including phenoxy) is 1. The summed E-state index contributed by atoms with van der Waals surface area (Å²) in [6.07, 6.45) is 1.31. The van der Waals surface area contributed by atoms with Crippen molar-refractivity contribution < 1.29 is 23.1 Å². The van der Waals surface area contributed by atoms with Crippen LogP contribution in [0.2, 0.25) is 0 Å². The van der Waals surface area contributed by atoms with Crippen LogP contribution in [0.3, 0.4) is 0 Å². The lowest BCUT2D eigenvalue weighted by Gasteiger charge is -2.34. The molecule has 1 aliphatic rings. The molecule has 2 aromatic rings. The Morgan fingerprint density at radius 1 is 1.19 bits per heavy atom. The maximum absolute atomic E-state index is 12.8. The Kier molecular flexibility index (Phi) is 5.39. The number of sulfone groups is 1. The first-order chi connectivity index (χ1) is 12.4. The zero-order valence-electron chi connectivity index (χ0n) is 14.6. The minimum Gasteiger partial charge on any atom is -0.494 e. The molecule has 1 fully saturated rings. The highest BCUT2D eigenvalue weighted by molar-refractivity contribution is 7.92. The van der Waals surface area contributed by atoms with Crippen LogP contribution < -0.4 is 4.74 Å². The first-order valence-corrected chi connectivity index (χ1v) is 11.1. The van der Waals surface area contributed by atoms with Crippen molar-refractivity contribution in [3.63, 3.8) is 0 Å². The second-order valence-electron chi connectivity index (χ2n) is 6.46. The van der Waals surface area contributed by atoms with E-state index in [1.54, 1.807) is 6.07 Å². The van der Waals surface area contributed by atoms with Crippen molar-refractivity contribution in [3.8, 4) is 16.2 Å². The highest BCUT2D eigenvalue weighted by Crippen LogP contribution is 2.47. The molecule has 1 aromatic carbocycles. The van der Waals surface area contributed by atoms with Crippen LogP contribution in [0.15, 0.2) is 36.4 Å². The second-order valence-corrected chi connectivity index (χ2v) is 9.97. The molecule has 0 radical (unpaired) electrons. The molecule has 7 heteroatoms. The minimum absolute atomic E-state index is 0.0521. The zero-order chi connectivity index (χ0) is 18.8. The predicted octanol–water partition coefficient (Wildman–Crippen LogP) is 4.08. The van der Waals surface area contributed by atoms with Crippen molar-refractivity contribution in [2.24, 2.45) is 0 Å². The van der Waals surface area contributed by atoms with Gasteiger partial charge in [0.25, 0.3) is 0 Å². The SMILES string of the molecule is CCOc1ccc(-c2ccc([C@@]3(CC(=O)O)CCCCS3(=O)=O)s2)cc1. The van der Waals surface area contributed by atoms with E-state index in [0.29, 0.717) is 24.3 Å². The number of carbonyl (C=O) groups is 1. The Labute approximate surface area is 157 Å². The molecule has 2 heterocycles. The number of rotatable bonds is 6. The van der Waals surface area contributed by atoms with Gasteiger partial charge < -0.3 is 9.84 Å². The fraction of sp³-hybridized carbons (Fsp3) is 0.421. The Bertz CT molecular complexity index is 883. The molecule has 1 N–H and O–H groups in total. The van der Waals surface area contributed by atoms with Crippen LogP contribution in [0.5, 0.6) is 5.75 Å². The summed E-state index contributed by atoms with van der Waals surface area (Å²) in [4.78, 5) is 13.0. The van der Waals surface area contributed by atoms with Crippen LogP contribution in [0.4, 0.5) is 0 Å². The van der Waals surface area contributed by atoms with Crippen LogP contribution in [0, 0.1) is 0 Å². The molecular formula is C19H22O5S2. The zero-order valence-corrected chi connectivity index (χ0v) is 16.2. The third kappa shape index (κ3) is 3.50. The molecule has 140 valence electrons. The molecule has 1 aliphatic heterocycles. The lowest BCUT2D eigenvalue weighted by Crippen LogP contribution is -2.41. The summed E-state index contributed by atoms with van der Waals surface area (Å²) in [5.74, 6) is -0.243. The van der Waals surface area contributed by atoms with Gasteiger partial charge in [-0.25, -0.2) is 8.42 Å². The highest BCUT2D eigenvalue weighted by atomic mass is 32.2. The number of carboxylic acid groups (broad SMARTS) is 1. The van der Waals surface area contributed by atoms with Crippen LogP contribution in [0.1, 0.15) is 37.5 Å². The van der Waals surface area contributed by atoms with Crippen LogP contribution in [-0.4, -0.2) is 31.9 Å².